The molecule has 1 aromatic heterocycles. The summed E-state index contributed by atoms with van der Waals surface area (Å²) < 4.78 is 0. The Balaban J connectivity index is 2.84. The van der Waals surface area contributed by atoms with E-state index in [2.05, 4.69) is 10.2 Å². The van der Waals surface area contributed by atoms with E-state index in [1.807, 2.05) is 0 Å². The van der Waals surface area contributed by atoms with Crippen LogP contribution in [-0.2, 0) is 0 Å². The Morgan fingerprint density at radius 2 is 2.46 bits per heavy atom. The zero-order chi connectivity index (χ0) is 9.68. The minimum atomic E-state index is -0.0321. The van der Waals surface area contributed by atoms with Gasteiger partial charge in [-0.1, -0.05) is 0 Å². The third-order valence-electron chi connectivity index (χ3n) is 1.31. The van der Waals surface area contributed by atoms with Crippen LogP contribution >= 0.6 is 11.8 Å². The summed E-state index contributed by atoms with van der Waals surface area (Å²) in [6.07, 6.45) is 1.49. The standard InChI is InChI=1S/C7H10N4OS/c8-6(9)5-1-2-10-11-7(5)13-4-3-12/h1-2,12H,3-4H2,(H3,8,9). The van der Waals surface area contributed by atoms with Crippen molar-refractivity contribution in [2.75, 3.05) is 12.4 Å². The van der Waals surface area contributed by atoms with Gasteiger partial charge in [-0.05, 0) is 6.07 Å². The topological polar surface area (TPSA) is 95.9 Å². The fourth-order valence-electron chi connectivity index (χ4n) is 0.773. The van der Waals surface area contributed by atoms with Gasteiger partial charge >= 0.3 is 0 Å². The molecule has 0 aliphatic heterocycles. The molecular formula is C7H10N4OS. The van der Waals surface area contributed by atoms with Crippen LogP contribution in [0.15, 0.2) is 17.3 Å². The van der Waals surface area contributed by atoms with Crippen molar-refractivity contribution in [2.24, 2.45) is 5.73 Å². The maximum absolute atomic E-state index is 8.60. The monoisotopic (exact) mass is 198 g/mol. The molecule has 4 N–H and O–H groups in total. The van der Waals surface area contributed by atoms with Gasteiger partial charge in [0.25, 0.3) is 0 Å². The third-order valence-corrected chi connectivity index (χ3v) is 2.27. The zero-order valence-electron chi connectivity index (χ0n) is 6.90. The Morgan fingerprint density at radius 3 is 3.08 bits per heavy atom. The van der Waals surface area contributed by atoms with Gasteiger partial charge in [-0.2, -0.15) is 5.10 Å². The molecule has 0 aliphatic rings. The summed E-state index contributed by atoms with van der Waals surface area (Å²) in [6.45, 7) is 0.0680. The van der Waals surface area contributed by atoms with Crippen molar-refractivity contribution in [3.8, 4) is 0 Å². The molecule has 5 nitrogen and oxygen atoms in total. The first kappa shape index (κ1) is 9.94. The number of aliphatic hydroxyl groups excluding tert-OH is 1. The summed E-state index contributed by atoms with van der Waals surface area (Å²) in [4.78, 5) is 0. The molecule has 0 saturated heterocycles. The van der Waals surface area contributed by atoms with Crippen molar-refractivity contribution in [3.63, 3.8) is 0 Å². The van der Waals surface area contributed by atoms with Crippen molar-refractivity contribution in [1.82, 2.24) is 10.2 Å². The van der Waals surface area contributed by atoms with Gasteiger partial charge in [-0.15, -0.1) is 16.9 Å². The number of hydrogen-bond donors (Lipinski definition) is 3. The van der Waals surface area contributed by atoms with Gasteiger partial charge in [0.1, 0.15) is 10.9 Å². The molecule has 0 saturated carbocycles. The first-order valence-electron chi connectivity index (χ1n) is 3.65. The zero-order valence-corrected chi connectivity index (χ0v) is 7.71. The largest absolute Gasteiger partial charge is 0.396 e. The maximum atomic E-state index is 8.60. The Kier molecular flexibility index (Phi) is 3.66. The molecule has 1 heterocycles. The number of nitrogens with one attached hydrogen (secondary N) is 1. The normalized spacial score (nSPS) is 9.92. The maximum Gasteiger partial charge on any atom is 0.130 e. The van der Waals surface area contributed by atoms with Crippen LogP contribution in [0, 0.1) is 5.41 Å². The van der Waals surface area contributed by atoms with E-state index in [1.54, 1.807) is 6.07 Å². The van der Waals surface area contributed by atoms with Crippen LogP contribution in [0.2, 0.25) is 0 Å². The highest BCUT2D eigenvalue weighted by Gasteiger charge is 2.06. The lowest BCUT2D eigenvalue weighted by Crippen LogP contribution is -2.13. The van der Waals surface area contributed by atoms with Gasteiger partial charge in [0.15, 0.2) is 0 Å². The first-order valence-corrected chi connectivity index (χ1v) is 4.64. The summed E-state index contributed by atoms with van der Waals surface area (Å²) in [5, 5.41) is 23.9. The molecule has 13 heavy (non-hydrogen) atoms. The van der Waals surface area contributed by atoms with E-state index in [0.717, 1.165) is 0 Å². The highest BCUT2D eigenvalue weighted by molar-refractivity contribution is 7.99. The van der Waals surface area contributed by atoms with Gasteiger partial charge in [-0.25, -0.2) is 0 Å². The summed E-state index contributed by atoms with van der Waals surface area (Å²) in [5.41, 5.74) is 5.89. The Morgan fingerprint density at radius 1 is 1.69 bits per heavy atom. The van der Waals surface area contributed by atoms with E-state index < -0.39 is 0 Å². The second-order valence-electron chi connectivity index (χ2n) is 2.24. The molecule has 0 bridgehead atoms. The highest BCUT2D eigenvalue weighted by Crippen LogP contribution is 2.17. The number of aliphatic hydroxyl groups is 1. The predicted molar refractivity (Wildman–Crippen MR) is 50.9 cm³/mol. The third kappa shape index (κ3) is 2.67. The van der Waals surface area contributed by atoms with Gasteiger partial charge in [-0.3, -0.25) is 5.41 Å². The number of nitrogens with two attached hydrogens (primary N) is 1. The van der Waals surface area contributed by atoms with Crippen LogP contribution in [0.4, 0.5) is 0 Å². The number of rotatable bonds is 4. The Bertz CT molecular complexity index is 304. The summed E-state index contributed by atoms with van der Waals surface area (Å²) >= 11 is 1.33. The van der Waals surface area contributed by atoms with Crippen molar-refractivity contribution >= 4 is 17.6 Å². The van der Waals surface area contributed by atoms with Crippen molar-refractivity contribution in [1.29, 1.82) is 5.41 Å². The first-order chi connectivity index (χ1) is 6.25. The van der Waals surface area contributed by atoms with E-state index in [0.29, 0.717) is 16.3 Å². The van der Waals surface area contributed by atoms with E-state index in [4.69, 9.17) is 16.2 Å². The molecule has 0 unspecified atom stereocenters. The fraction of sp³-hybridized carbons (Fsp3) is 0.286. The predicted octanol–water partition coefficient (Wildman–Crippen LogP) is -0.155. The summed E-state index contributed by atoms with van der Waals surface area (Å²) in [5.74, 6) is 0.495. The Labute approximate surface area is 79.9 Å². The SMILES string of the molecule is N=C(N)c1ccnnc1SCCO. The smallest absolute Gasteiger partial charge is 0.130 e. The van der Waals surface area contributed by atoms with Gasteiger partial charge < -0.3 is 10.8 Å². The number of nitrogen functional groups attached to an aromatic ring is 1. The average molecular weight is 198 g/mol. The van der Waals surface area contributed by atoms with E-state index >= 15 is 0 Å². The molecule has 1 rings (SSSR count). The molecule has 0 aromatic carbocycles. The lowest BCUT2D eigenvalue weighted by molar-refractivity contribution is 0.322. The molecule has 1 aromatic rings. The summed E-state index contributed by atoms with van der Waals surface area (Å²) in [7, 11) is 0. The van der Waals surface area contributed by atoms with Crippen LogP contribution in [0.25, 0.3) is 0 Å². The summed E-state index contributed by atoms with van der Waals surface area (Å²) in [6, 6.07) is 1.63. The van der Waals surface area contributed by atoms with E-state index in [9.17, 15) is 0 Å². The van der Waals surface area contributed by atoms with Gasteiger partial charge in [0.2, 0.25) is 0 Å². The molecule has 0 fully saturated rings. The number of nitrogens with zero attached hydrogens (tertiary/aromatic N) is 2. The molecule has 6 heteroatoms. The molecule has 0 spiro atoms. The van der Waals surface area contributed by atoms with Crippen LogP contribution in [0.1, 0.15) is 5.56 Å². The minimum absolute atomic E-state index is 0.0321. The number of amidine groups is 1. The van der Waals surface area contributed by atoms with Crippen LogP contribution < -0.4 is 5.73 Å². The quantitative estimate of drug-likeness (QED) is 0.355. The van der Waals surface area contributed by atoms with Crippen LogP contribution in [0.5, 0.6) is 0 Å². The molecular weight excluding hydrogens is 188 g/mol. The van der Waals surface area contributed by atoms with Gasteiger partial charge in [0, 0.05) is 5.75 Å². The molecule has 0 aliphatic carbocycles. The molecule has 70 valence electrons. The van der Waals surface area contributed by atoms with Crippen LogP contribution in [0.3, 0.4) is 0 Å². The van der Waals surface area contributed by atoms with Crippen LogP contribution in [-0.4, -0.2) is 33.5 Å². The minimum Gasteiger partial charge on any atom is -0.396 e. The lowest BCUT2D eigenvalue weighted by Gasteiger charge is -2.03. The van der Waals surface area contributed by atoms with E-state index in [1.165, 1.54) is 18.0 Å². The number of thioether (sulfide) groups is 1. The lowest BCUT2D eigenvalue weighted by atomic mass is 10.3. The van der Waals surface area contributed by atoms with E-state index in [-0.39, 0.29) is 12.4 Å². The van der Waals surface area contributed by atoms with Crippen molar-refractivity contribution < 1.29 is 5.11 Å². The number of aromatic nitrogens is 2. The number of hydrogen-bond acceptors (Lipinski definition) is 5. The second kappa shape index (κ2) is 4.78. The molecule has 0 amide bonds. The fourth-order valence-corrected chi connectivity index (χ4v) is 1.50. The Hall–Kier alpha value is -1.14. The molecule has 0 atom stereocenters. The van der Waals surface area contributed by atoms with Gasteiger partial charge in [0.05, 0.1) is 18.4 Å². The second-order valence-corrected chi connectivity index (χ2v) is 3.32. The highest BCUT2D eigenvalue weighted by atomic mass is 32.2. The van der Waals surface area contributed by atoms with Crippen molar-refractivity contribution in [3.05, 3.63) is 17.8 Å². The van der Waals surface area contributed by atoms with Crippen molar-refractivity contribution in [2.45, 2.75) is 5.03 Å². The molecule has 0 radical (unpaired) electrons. The average Bonchev–Trinajstić information content (AvgIpc) is 2.15.